The molecule has 1 amide bonds. The first-order chi connectivity index (χ1) is 10.8. The average Bonchev–Trinajstić information content (AvgIpc) is 2.46. The first kappa shape index (κ1) is 17.0. The molecule has 0 aliphatic heterocycles. The van der Waals surface area contributed by atoms with Crippen LogP contribution >= 0.6 is 0 Å². The second kappa shape index (κ2) is 7.24. The summed E-state index contributed by atoms with van der Waals surface area (Å²) in [5.74, 6) is 0.400. The first-order valence-electron chi connectivity index (χ1n) is 7.51. The van der Waals surface area contributed by atoms with E-state index in [1.165, 1.54) is 0 Å². The quantitative estimate of drug-likeness (QED) is 0.902. The number of ether oxygens (including phenoxy) is 1. The number of aromatic nitrogens is 1. The number of aliphatic hydroxyl groups excluding tert-OH is 1. The second-order valence-corrected chi connectivity index (χ2v) is 6.31. The SMILES string of the molecule is CC(C)(C)OC(=O)Nc1cc(CC(O)c2ccccc2)ccn1. The molecule has 5 heteroatoms. The number of amides is 1. The highest BCUT2D eigenvalue weighted by Crippen LogP contribution is 2.19. The molecule has 2 N–H and O–H groups in total. The van der Waals surface area contributed by atoms with Crippen LogP contribution in [0.25, 0.3) is 0 Å². The van der Waals surface area contributed by atoms with Crippen LogP contribution < -0.4 is 5.32 Å². The lowest BCUT2D eigenvalue weighted by atomic mass is 10.0. The monoisotopic (exact) mass is 314 g/mol. The van der Waals surface area contributed by atoms with Crippen molar-refractivity contribution in [3.05, 3.63) is 59.8 Å². The normalized spacial score (nSPS) is 12.5. The molecular weight excluding hydrogens is 292 g/mol. The lowest BCUT2D eigenvalue weighted by Crippen LogP contribution is -2.27. The Balaban J connectivity index is 2.01. The van der Waals surface area contributed by atoms with Gasteiger partial charge in [0.05, 0.1) is 6.10 Å². The van der Waals surface area contributed by atoms with Crippen molar-refractivity contribution in [2.45, 2.75) is 38.9 Å². The zero-order chi connectivity index (χ0) is 16.9. The number of nitrogens with zero attached hydrogens (tertiary/aromatic N) is 1. The van der Waals surface area contributed by atoms with E-state index in [-0.39, 0.29) is 0 Å². The molecule has 2 rings (SSSR count). The molecule has 0 radical (unpaired) electrons. The number of pyridine rings is 1. The van der Waals surface area contributed by atoms with Gasteiger partial charge in [-0.15, -0.1) is 0 Å². The van der Waals surface area contributed by atoms with Crippen LogP contribution in [0, 0.1) is 0 Å². The van der Waals surface area contributed by atoms with Crippen LogP contribution in [0.1, 0.15) is 38.0 Å². The number of hydrogen-bond acceptors (Lipinski definition) is 4. The fraction of sp³-hybridized carbons (Fsp3) is 0.333. The van der Waals surface area contributed by atoms with Gasteiger partial charge in [-0.3, -0.25) is 5.32 Å². The standard InChI is InChI=1S/C18H22N2O3/c1-18(2,3)23-17(22)20-16-12-13(9-10-19-16)11-15(21)14-7-5-4-6-8-14/h4-10,12,15,21H,11H2,1-3H3,(H,19,20,22). The van der Waals surface area contributed by atoms with Gasteiger partial charge in [-0.1, -0.05) is 30.3 Å². The third-order valence-electron chi connectivity index (χ3n) is 3.07. The van der Waals surface area contributed by atoms with Crippen LogP contribution in [-0.4, -0.2) is 21.8 Å². The summed E-state index contributed by atoms with van der Waals surface area (Å²) >= 11 is 0. The molecule has 23 heavy (non-hydrogen) atoms. The third-order valence-corrected chi connectivity index (χ3v) is 3.07. The molecule has 0 saturated carbocycles. The summed E-state index contributed by atoms with van der Waals surface area (Å²) in [6, 6.07) is 13.0. The minimum absolute atomic E-state index is 0.400. The average molecular weight is 314 g/mol. The number of aliphatic hydroxyl groups is 1. The summed E-state index contributed by atoms with van der Waals surface area (Å²) < 4.78 is 5.19. The highest BCUT2D eigenvalue weighted by atomic mass is 16.6. The summed E-state index contributed by atoms with van der Waals surface area (Å²) in [6.45, 7) is 5.39. The van der Waals surface area contributed by atoms with E-state index in [9.17, 15) is 9.90 Å². The van der Waals surface area contributed by atoms with Crippen molar-refractivity contribution in [3.8, 4) is 0 Å². The molecule has 0 aliphatic rings. The zero-order valence-corrected chi connectivity index (χ0v) is 13.6. The Morgan fingerprint density at radius 2 is 1.96 bits per heavy atom. The van der Waals surface area contributed by atoms with Crippen molar-refractivity contribution in [3.63, 3.8) is 0 Å². The molecule has 1 atom stereocenters. The predicted molar refractivity (Wildman–Crippen MR) is 89.2 cm³/mol. The lowest BCUT2D eigenvalue weighted by Gasteiger charge is -2.19. The first-order valence-corrected chi connectivity index (χ1v) is 7.51. The summed E-state index contributed by atoms with van der Waals surface area (Å²) in [5, 5.41) is 12.9. The molecule has 0 fully saturated rings. The molecule has 1 unspecified atom stereocenters. The maximum absolute atomic E-state index is 11.8. The fourth-order valence-electron chi connectivity index (χ4n) is 2.09. The Morgan fingerprint density at radius 3 is 2.61 bits per heavy atom. The molecule has 0 saturated heterocycles. The number of hydrogen-bond donors (Lipinski definition) is 2. The molecule has 0 bridgehead atoms. The van der Waals surface area contributed by atoms with Gasteiger partial charge in [0.25, 0.3) is 0 Å². The Morgan fingerprint density at radius 1 is 1.26 bits per heavy atom. The van der Waals surface area contributed by atoms with Crippen molar-refractivity contribution in [2.24, 2.45) is 0 Å². The van der Waals surface area contributed by atoms with Crippen LogP contribution in [0.5, 0.6) is 0 Å². The number of nitrogens with one attached hydrogen (secondary N) is 1. The molecule has 5 nitrogen and oxygen atoms in total. The van der Waals surface area contributed by atoms with Crippen molar-refractivity contribution in [2.75, 3.05) is 5.32 Å². The van der Waals surface area contributed by atoms with E-state index in [4.69, 9.17) is 4.74 Å². The van der Waals surface area contributed by atoms with E-state index in [2.05, 4.69) is 10.3 Å². The molecule has 1 aromatic carbocycles. The van der Waals surface area contributed by atoms with Crippen molar-refractivity contribution < 1.29 is 14.6 Å². The Labute approximate surface area is 136 Å². The third kappa shape index (κ3) is 5.71. The van der Waals surface area contributed by atoms with Gasteiger partial charge in [0.15, 0.2) is 0 Å². The molecule has 2 aromatic rings. The number of anilines is 1. The van der Waals surface area contributed by atoms with E-state index in [1.807, 2.05) is 36.4 Å². The Kier molecular flexibility index (Phi) is 5.34. The van der Waals surface area contributed by atoms with Gasteiger partial charge in [-0.2, -0.15) is 0 Å². The Hall–Kier alpha value is -2.40. The van der Waals surface area contributed by atoms with Crippen LogP contribution in [0.4, 0.5) is 10.6 Å². The van der Waals surface area contributed by atoms with Crippen molar-refractivity contribution in [1.29, 1.82) is 0 Å². The molecule has 0 spiro atoms. The molecule has 1 aromatic heterocycles. The van der Waals surface area contributed by atoms with Crippen LogP contribution in [-0.2, 0) is 11.2 Å². The number of rotatable bonds is 4. The van der Waals surface area contributed by atoms with Gasteiger partial charge in [-0.05, 0) is 44.0 Å². The molecule has 0 aliphatic carbocycles. The van der Waals surface area contributed by atoms with Gasteiger partial charge < -0.3 is 9.84 Å². The Bertz CT molecular complexity index is 651. The fourth-order valence-corrected chi connectivity index (χ4v) is 2.09. The highest BCUT2D eigenvalue weighted by molar-refractivity contribution is 5.83. The minimum Gasteiger partial charge on any atom is -0.444 e. The maximum atomic E-state index is 11.8. The highest BCUT2D eigenvalue weighted by Gasteiger charge is 2.17. The number of carbonyl (C=O) groups excluding carboxylic acids is 1. The largest absolute Gasteiger partial charge is 0.444 e. The number of benzene rings is 1. The van der Waals surface area contributed by atoms with E-state index < -0.39 is 17.8 Å². The van der Waals surface area contributed by atoms with Gasteiger partial charge in [-0.25, -0.2) is 9.78 Å². The van der Waals surface area contributed by atoms with Crippen molar-refractivity contribution >= 4 is 11.9 Å². The molecule has 122 valence electrons. The van der Waals surface area contributed by atoms with Gasteiger partial charge in [0.1, 0.15) is 11.4 Å². The molecular formula is C18H22N2O3. The van der Waals surface area contributed by atoms with E-state index >= 15 is 0 Å². The smallest absolute Gasteiger partial charge is 0.413 e. The maximum Gasteiger partial charge on any atom is 0.413 e. The summed E-state index contributed by atoms with van der Waals surface area (Å²) in [5.41, 5.74) is 1.17. The summed E-state index contributed by atoms with van der Waals surface area (Å²) in [7, 11) is 0. The van der Waals surface area contributed by atoms with Crippen molar-refractivity contribution in [1.82, 2.24) is 4.98 Å². The second-order valence-electron chi connectivity index (χ2n) is 6.31. The van der Waals surface area contributed by atoms with E-state index in [0.29, 0.717) is 12.2 Å². The van der Waals surface area contributed by atoms with Gasteiger partial charge >= 0.3 is 6.09 Å². The van der Waals surface area contributed by atoms with Crippen LogP contribution in [0.2, 0.25) is 0 Å². The van der Waals surface area contributed by atoms with Gasteiger partial charge in [0, 0.05) is 12.6 Å². The molecule has 1 heterocycles. The lowest BCUT2D eigenvalue weighted by molar-refractivity contribution is 0.0635. The van der Waals surface area contributed by atoms with E-state index in [0.717, 1.165) is 11.1 Å². The van der Waals surface area contributed by atoms with E-state index in [1.54, 1.807) is 33.0 Å². The van der Waals surface area contributed by atoms with Crippen LogP contribution in [0.3, 0.4) is 0 Å². The number of carbonyl (C=O) groups is 1. The van der Waals surface area contributed by atoms with Crippen LogP contribution in [0.15, 0.2) is 48.7 Å². The zero-order valence-electron chi connectivity index (χ0n) is 13.6. The predicted octanol–water partition coefficient (Wildman–Crippen LogP) is 3.70. The topological polar surface area (TPSA) is 71.5 Å². The summed E-state index contributed by atoms with van der Waals surface area (Å²) in [6.07, 6.45) is 0.883. The minimum atomic E-state index is -0.604. The summed E-state index contributed by atoms with van der Waals surface area (Å²) in [4.78, 5) is 15.9. The van der Waals surface area contributed by atoms with Gasteiger partial charge in [0.2, 0.25) is 0 Å².